The lowest BCUT2D eigenvalue weighted by Gasteiger charge is -2.38. The number of aliphatic carboxylic acids is 2. The highest BCUT2D eigenvalue weighted by Crippen LogP contribution is 2.16. The van der Waals surface area contributed by atoms with Crippen LogP contribution in [0.3, 0.4) is 0 Å². The summed E-state index contributed by atoms with van der Waals surface area (Å²) in [6, 6.07) is 8.40. The normalized spacial score (nSPS) is 21.6. The van der Waals surface area contributed by atoms with Gasteiger partial charge in [0, 0.05) is 56.9 Å². The molecule has 1 aromatic rings. The van der Waals surface area contributed by atoms with Crippen LogP contribution >= 0.6 is 11.6 Å². The maximum absolute atomic E-state index is 10.6. The molecule has 1 aromatic carbocycles. The SMILES string of the molecule is O=C(O)C(F)(F)F.O=C(O)C(F)(F)F.O[C@H]1CNC[C@@H]1N1CCN(Cc2ccc(Cl)cc2)CC1. The summed E-state index contributed by atoms with van der Waals surface area (Å²) in [5.41, 5.74) is 1.31. The third-order valence-electron chi connectivity index (χ3n) is 4.83. The summed E-state index contributed by atoms with van der Waals surface area (Å²) in [6.45, 7) is 6.83. The second kappa shape index (κ2) is 13.1. The maximum Gasteiger partial charge on any atom is 0.490 e. The number of carbonyl (C=O) groups is 2. The van der Waals surface area contributed by atoms with Crippen LogP contribution in [0.25, 0.3) is 0 Å². The zero-order valence-corrected chi connectivity index (χ0v) is 18.4. The number of aliphatic hydroxyl groups excluding tert-OH is 1. The summed E-state index contributed by atoms with van der Waals surface area (Å²) in [4.78, 5) is 22.7. The van der Waals surface area contributed by atoms with E-state index in [0.717, 1.165) is 50.8 Å². The molecule has 0 radical (unpaired) electrons. The predicted octanol–water partition coefficient (Wildman–Crippen LogP) is 2.06. The molecule has 0 bridgehead atoms. The van der Waals surface area contributed by atoms with Crippen molar-refractivity contribution in [2.24, 2.45) is 0 Å². The molecule has 15 heteroatoms. The third kappa shape index (κ3) is 10.9. The fourth-order valence-electron chi connectivity index (χ4n) is 3.12. The molecule has 0 aromatic heterocycles. The summed E-state index contributed by atoms with van der Waals surface area (Å²) in [7, 11) is 0. The quantitative estimate of drug-likeness (QED) is 0.445. The number of alkyl halides is 6. The van der Waals surface area contributed by atoms with Gasteiger partial charge >= 0.3 is 24.3 Å². The number of benzene rings is 1. The molecule has 34 heavy (non-hydrogen) atoms. The van der Waals surface area contributed by atoms with E-state index >= 15 is 0 Å². The number of β-amino-alcohol motifs (C(OH)–C–C–N with tert-alkyl or cyclic N) is 1. The molecule has 3 rings (SSSR count). The Morgan fingerprint density at radius 3 is 1.71 bits per heavy atom. The van der Waals surface area contributed by atoms with Crippen LogP contribution in [-0.4, -0.2) is 101 Å². The molecule has 2 aliphatic rings. The highest BCUT2D eigenvalue weighted by molar-refractivity contribution is 6.30. The third-order valence-corrected chi connectivity index (χ3v) is 5.08. The van der Waals surface area contributed by atoms with Gasteiger partial charge in [0.05, 0.1) is 6.10 Å². The lowest BCUT2D eigenvalue weighted by Crippen LogP contribution is -2.53. The molecule has 0 spiro atoms. The average Bonchev–Trinajstić information content (AvgIpc) is 3.16. The highest BCUT2D eigenvalue weighted by Gasteiger charge is 2.39. The first-order valence-corrected chi connectivity index (χ1v) is 10.2. The van der Waals surface area contributed by atoms with Crippen molar-refractivity contribution in [3.05, 3.63) is 34.9 Å². The molecule has 2 saturated heterocycles. The van der Waals surface area contributed by atoms with Gasteiger partial charge in [-0.05, 0) is 17.7 Å². The van der Waals surface area contributed by atoms with Crippen LogP contribution in [0, 0.1) is 0 Å². The highest BCUT2D eigenvalue weighted by atomic mass is 35.5. The van der Waals surface area contributed by atoms with E-state index in [1.807, 2.05) is 12.1 Å². The number of hydrogen-bond donors (Lipinski definition) is 4. The van der Waals surface area contributed by atoms with Gasteiger partial charge in [-0.25, -0.2) is 9.59 Å². The lowest BCUT2D eigenvalue weighted by molar-refractivity contribution is -0.193. The average molecular weight is 524 g/mol. The number of nitrogens with zero attached hydrogens (tertiary/aromatic N) is 2. The van der Waals surface area contributed by atoms with Crippen molar-refractivity contribution >= 4 is 23.5 Å². The van der Waals surface area contributed by atoms with Crippen LogP contribution in [-0.2, 0) is 16.1 Å². The Balaban J connectivity index is 0.000000343. The molecule has 2 heterocycles. The van der Waals surface area contributed by atoms with Gasteiger partial charge < -0.3 is 20.6 Å². The summed E-state index contributed by atoms with van der Waals surface area (Å²) in [5.74, 6) is -5.51. The van der Waals surface area contributed by atoms with Crippen molar-refractivity contribution < 1.29 is 51.3 Å². The minimum atomic E-state index is -5.08. The predicted molar refractivity (Wildman–Crippen MR) is 108 cm³/mol. The van der Waals surface area contributed by atoms with Crippen LogP contribution in [0.2, 0.25) is 5.02 Å². The number of piperazine rings is 1. The van der Waals surface area contributed by atoms with E-state index < -0.39 is 24.3 Å². The molecule has 0 saturated carbocycles. The smallest absolute Gasteiger partial charge is 0.475 e. The summed E-state index contributed by atoms with van der Waals surface area (Å²) in [6.07, 6.45) is -10.4. The molecule has 0 unspecified atom stereocenters. The van der Waals surface area contributed by atoms with Crippen LogP contribution in [0.4, 0.5) is 26.3 Å². The molecular weight excluding hydrogens is 500 g/mol. The minimum Gasteiger partial charge on any atom is -0.475 e. The Kier molecular flexibility index (Phi) is 11.5. The monoisotopic (exact) mass is 523 g/mol. The van der Waals surface area contributed by atoms with E-state index in [-0.39, 0.29) is 6.10 Å². The van der Waals surface area contributed by atoms with E-state index in [9.17, 15) is 31.4 Å². The molecule has 8 nitrogen and oxygen atoms in total. The van der Waals surface area contributed by atoms with Crippen molar-refractivity contribution in [3.63, 3.8) is 0 Å². The number of hydrogen-bond acceptors (Lipinski definition) is 6. The molecular formula is C19H24ClF6N3O5. The topological polar surface area (TPSA) is 113 Å². The van der Waals surface area contributed by atoms with Crippen LogP contribution < -0.4 is 5.32 Å². The summed E-state index contributed by atoms with van der Waals surface area (Å²) in [5, 5.41) is 28.2. The van der Waals surface area contributed by atoms with Crippen molar-refractivity contribution in [1.29, 1.82) is 0 Å². The second-order valence-electron chi connectivity index (χ2n) is 7.34. The van der Waals surface area contributed by atoms with E-state index in [1.165, 1.54) is 5.56 Å². The Morgan fingerprint density at radius 2 is 1.35 bits per heavy atom. The fraction of sp³-hybridized carbons (Fsp3) is 0.579. The summed E-state index contributed by atoms with van der Waals surface area (Å²) < 4.78 is 63.5. The van der Waals surface area contributed by atoms with Gasteiger partial charge in [-0.2, -0.15) is 26.3 Å². The van der Waals surface area contributed by atoms with Crippen LogP contribution in [0.5, 0.6) is 0 Å². The second-order valence-corrected chi connectivity index (χ2v) is 7.77. The zero-order chi connectivity index (χ0) is 26.1. The van der Waals surface area contributed by atoms with Gasteiger partial charge in [-0.3, -0.25) is 9.80 Å². The van der Waals surface area contributed by atoms with Crippen molar-refractivity contribution in [1.82, 2.24) is 15.1 Å². The maximum atomic E-state index is 10.6. The Morgan fingerprint density at radius 1 is 0.912 bits per heavy atom. The number of aliphatic hydroxyl groups is 1. The van der Waals surface area contributed by atoms with Gasteiger partial charge in [-0.15, -0.1) is 0 Å². The van der Waals surface area contributed by atoms with Crippen molar-refractivity contribution in [2.75, 3.05) is 39.3 Å². The number of rotatable bonds is 3. The van der Waals surface area contributed by atoms with Gasteiger partial charge in [-0.1, -0.05) is 23.7 Å². The minimum absolute atomic E-state index is 0.210. The first-order chi connectivity index (χ1) is 15.6. The molecule has 4 N–H and O–H groups in total. The molecule has 0 aliphatic carbocycles. The Labute approximate surface area is 195 Å². The van der Waals surface area contributed by atoms with Crippen molar-refractivity contribution in [2.45, 2.75) is 31.0 Å². The van der Waals surface area contributed by atoms with E-state index in [2.05, 4.69) is 27.2 Å². The molecule has 2 aliphatic heterocycles. The zero-order valence-electron chi connectivity index (χ0n) is 17.6. The number of halogens is 7. The molecule has 2 atom stereocenters. The first kappa shape index (κ1) is 29.9. The Hall–Kier alpha value is -2.13. The van der Waals surface area contributed by atoms with Gasteiger partial charge in [0.15, 0.2) is 0 Å². The molecule has 0 amide bonds. The largest absolute Gasteiger partial charge is 0.490 e. The van der Waals surface area contributed by atoms with Gasteiger partial charge in [0.2, 0.25) is 0 Å². The summed E-state index contributed by atoms with van der Waals surface area (Å²) >= 11 is 5.91. The molecule has 2 fully saturated rings. The molecule has 194 valence electrons. The van der Waals surface area contributed by atoms with Crippen molar-refractivity contribution in [3.8, 4) is 0 Å². The standard InChI is InChI=1S/C15H22ClN3O.2C2HF3O2/c16-13-3-1-12(2-4-13)11-18-5-7-19(8-6-18)14-9-17-10-15(14)20;2*3-2(4,5)1(6)7/h1-4,14-15,17,20H,5-11H2;2*(H,6,7)/t14-,15-;;/m0../s1. The first-order valence-electron chi connectivity index (χ1n) is 9.81. The van der Waals surface area contributed by atoms with Gasteiger partial charge in [0.1, 0.15) is 0 Å². The van der Waals surface area contributed by atoms with E-state index in [4.69, 9.17) is 31.4 Å². The number of carboxylic acids is 2. The number of nitrogens with one attached hydrogen (secondary N) is 1. The van der Waals surface area contributed by atoms with Gasteiger partial charge in [0.25, 0.3) is 0 Å². The lowest BCUT2D eigenvalue weighted by atomic mass is 10.1. The number of carboxylic acid groups (broad SMARTS) is 2. The fourth-order valence-corrected chi connectivity index (χ4v) is 3.25. The Bertz CT molecular complexity index is 762. The van der Waals surface area contributed by atoms with Crippen LogP contribution in [0.1, 0.15) is 5.56 Å². The van der Waals surface area contributed by atoms with Crippen LogP contribution in [0.15, 0.2) is 24.3 Å². The van der Waals surface area contributed by atoms with E-state index in [1.54, 1.807) is 0 Å². The van der Waals surface area contributed by atoms with E-state index in [0.29, 0.717) is 6.04 Å².